The molecule has 0 saturated carbocycles. The Morgan fingerprint density at radius 2 is 1.83 bits per heavy atom. The van der Waals surface area contributed by atoms with Crippen molar-refractivity contribution in [2.75, 3.05) is 6.54 Å². The standard InChI is InChI=1S/C21H23ClN4O3S/c22-18-7-9-19(10-8-18)30(28,29)25-20(15-17-5-2-1-3-6-17)21(27)24-11-4-13-26-14-12-23-16-26/h1-3,5-10,12,14,16,20,25H,4,11,13,15H2,(H,24,27)/t20-/m0/s1. The molecule has 9 heteroatoms. The zero-order chi connectivity index (χ0) is 21.4. The number of carbonyl (C=O) groups is 1. The highest BCUT2D eigenvalue weighted by atomic mass is 35.5. The topological polar surface area (TPSA) is 93.1 Å². The molecule has 0 spiro atoms. The molecule has 0 radical (unpaired) electrons. The van der Waals surface area contributed by atoms with Gasteiger partial charge in [0.05, 0.1) is 11.2 Å². The maximum absolute atomic E-state index is 12.8. The molecule has 0 unspecified atom stereocenters. The molecule has 0 aliphatic carbocycles. The summed E-state index contributed by atoms with van der Waals surface area (Å²) in [5.41, 5.74) is 0.856. The summed E-state index contributed by atoms with van der Waals surface area (Å²) < 4.78 is 30.0. The van der Waals surface area contributed by atoms with Crippen LogP contribution >= 0.6 is 11.6 Å². The maximum Gasteiger partial charge on any atom is 0.241 e. The van der Waals surface area contributed by atoms with Crippen molar-refractivity contribution in [3.63, 3.8) is 0 Å². The van der Waals surface area contributed by atoms with E-state index in [0.29, 0.717) is 24.5 Å². The van der Waals surface area contributed by atoms with Crippen LogP contribution in [0.2, 0.25) is 5.02 Å². The van der Waals surface area contributed by atoms with Gasteiger partial charge in [-0.1, -0.05) is 41.9 Å². The van der Waals surface area contributed by atoms with Gasteiger partial charge in [0.15, 0.2) is 0 Å². The average Bonchev–Trinajstić information content (AvgIpc) is 3.25. The Morgan fingerprint density at radius 1 is 1.10 bits per heavy atom. The van der Waals surface area contributed by atoms with Gasteiger partial charge in [-0.05, 0) is 42.7 Å². The molecule has 0 aliphatic heterocycles. The van der Waals surface area contributed by atoms with Crippen LogP contribution in [0.1, 0.15) is 12.0 Å². The van der Waals surface area contributed by atoms with Gasteiger partial charge in [-0.25, -0.2) is 13.4 Å². The Balaban J connectivity index is 1.67. The fraction of sp³-hybridized carbons (Fsp3) is 0.238. The number of hydrogen-bond donors (Lipinski definition) is 2. The first kappa shape index (κ1) is 22.0. The number of amides is 1. The third kappa shape index (κ3) is 6.41. The molecule has 0 bridgehead atoms. The number of sulfonamides is 1. The van der Waals surface area contributed by atoms with Crippen molar-refractivity contribution in [1.29, 1.82) is 0 Å². The van der Waals surface area contributed by atoms with Crippen molar-refractivity contribution in [2.45, 2.75) is 30.3 Å². The summed E-state index contributed by atoms with van der Waals surface area (Å²) in [6.45, 7) is 1.13. The minimum Gasteiger partial charge on any atom is -0.355 e. The number of benzene rings is 2. The Morgan fingerprint density at radius 3 is 2.50 bits per heavy atom. The number of nitrogens with zero attached hydrogens (tertiary/aromatic N) is 2. The SMILES string of the molecule is O=C(NCCCn1ccnc1)[C@H](Cc1ccccc1)NS(=O)(=O)c1ccc(Cl)cc1. The number of aromatic nitrogens is 2. The smallest absolute Gasteiger partial charge is 0.241 e. The summed E-state index contributed by atoms with van der Waals surface area (Å²) in [6, 6.07) is 14.2. The van der Waals surface area contributed by atoms with E-state index in [0.717, 1.165) is 5.56 Å². The fourth-order valence-corrected chi connectivity index (χ4v) is 4.24. The molecular formula is C21H23ClN4O3S. The van der Waals surface area contributed by atoms with Crippen LogP contribution in [-0.4, -0.2) is 36.5 Å². The minimum absolute atomic E-state index is 0.0536. The van der Waals surface area contributed by atoms with Gasteiger partial charge in [0, 0.05) is 30.5 Å². The van der Waals surface area contributed by atoms with Crippen LogP contribution in [0.25, 0.3) is 0 Å². The van der Waals surface area contributed by atoms with Crippen molar-refractivity contribution >= 4 is 27.5 Å². The zero-order valence-corrected chi connectivity index (χ0v) is 17.8. The fourth-order valence-electron chi connectivity index (χ4n) is 2.92. The van der Waals surface area contributed by atoms with Crippen molar-refractivity contribution in [2.24, 2.45) is 0 Å². The summed E-state index contributed by atoms with van der Waals surface area (Å²) >= 11 is 5.85. The van der Waals surface area contributed by atoms with Gasteiger partial charge in [-0.15, -0.1) is 0 Å². The van der Waals surface area contributed by atoms with Crippen molar-refractivity contribution in [3.05, 3.63) is 83.9 Å². The molecule has 2 aromatic carbocycles. The van der Waals surface area contributed by atoms with E-state index in [-0.39, 0.29) is 17.2 Å². The molecule has 0 saturated heterocycles. The molecule has 3 rings (SSSR count). The molecule has 7 nitrogen and oxygen atoms in total. The number of nitrogens with one attached hydrogen (secondary N) is 2. The van der Waals surface area contributed by atoms with E-state index in [9.17, 15) is 13.2 Å². The predicted molar refractivity (Wildman–Crippen MR) is 116 cm³/mol. The first-order valence-corrected chi connectivity index (χ1v) is 11.4. The normalized spacial score (nSPS) is 12.4. The van der Waals surface area contributed by atoms with Crippen LogP contribution in [0, 0.1) is 0 Å². The summed E-state index contributed by atoms with van der Waals surface area (Å²) in [4.78, 5) is 16.8. The van der Waals surface area contributed by atoms with E-state index in [2.05, 4.69) is 15.0 Å². The Bertz CT molecular complexity index is 1040. The number of halogens is 1. The second kappa shape index (κ2) is 10.4. The van der Waals surface area contributed by atoms with Gasteiger partial charge < -0.3 is 9.88 Å². The Labute approximate surface area is 181 Å². The summed E-state index contributed by atoms with van der Waals surface area (Å²) in [5.74, 6) is -0.373. The number of aryl methyl sites for hydroxylation is 1. The monoisotopic (exact) mass is 446 g/mol. The first-order valence-electron chi connectivity index (χ1n) is 9.49. The quantitative estimate of drug-likeness (QED) is 0.468. The third-order valence-electron chi connectivity index (χ3n) is 4.47. The van der Waals surface area contributed by atoms with Gasteiger partial charge >= 0.3 is 0 Å². The van der Waals surface area contributed by atoms with E-state index < -0.39 is 16.1 Å². The van der Waals surface area contributed by atoms with Crippen LogP contribution < -0.4 is 10.0 Å². The predicted octanol–water partition coefficient (Wildman–Crippen LogP) is 2.63. The van der Waals surface area contributed by atoms with Crippen molar-refractivity contribution in [3.8, 4) is 0 Å². The largest absolute Gasteiger partial charge is 0.355 e. The zero-order valence-electron chi connectivity index (χ0n) is 16.2. The molecule has 1 aromatic heterocycles. The Hall–Kier alpha value is -2.68. The van der Waals surface area contributed by atoms with Gasteiger partial charge in [0.25, 0.3) is 0 Å². The molecule has 1 amide bonds. The summed E-state index contributed by atoms with van der Waals surface area (Å²) in [7, 11) is -3.89. The lowest BCUT2D eigenvalue weighted by molar-refractivity contribution is -0.122. The van der Waals surface area contributed by atoms with Gasteiger partial charge in [0.2, 0.25) is 15.9 Å². The van der Waals surface area contributed by atoms with Gasteiger partial charge in [0.1, 0.15) is 6.04 Å². The molecule has 0 aliphatic rings. The molecule has 0 fully saturated rings. The molecule has 3 aromatic rings. The highest BCUT2D eigenvalue weighted by Crippen LogP contribution is 2.15. The van der Waals surface area contributed by atoms with Crippen molar-refractivity contribution in [1.82, 2.24) is 19.6 Å². The van der Waals surface area contributed by atoms with E-state index in [4.69, 9.17) is 11.6 Å². The minimum atomic E-state index is -3.89. The maximum atomic E-state index is 12.8. The average molecular weight is 447 g/mol. The lowest BCUT2D eigenvalue weighted by atomic mass is 10.1. The number of imidazole rings is 1. The first-order chi connectivity index (χ1) is 14.4. The molecule has 2 N–H and O–H groups in total. The number of carbonyl (C=O) groups excluding carboxylic acids is 1. The van der Waals surface area contributed by atoms with Crippen LogP contribution in [0.15, 0.2) is 78.2 Å². The number of hydrogen-bond acceptors (Lipinski definition) is 4. The highest BCUT2D eigenvalue weighted by Gasteiger charge is 2.26. The summed E-state index contributed by atoms with van der Waals surface area (Å²) in [6.07, 6.45) is 6.19. The van der Waals surface area contributed by atoms with Gasteiger partial charge in [-0.3, -0.25) is 4.79 Å². The second-order valence-electron chi connectivity index (χ2n) is 6.76. The third-order valence-corrected chi connectivity index (χ3v) is 6.21. The van der Waals surface area contributed by atoms with E-state index in [1.54, 1.807) is 12.5 Å². The van der Waals surface area contributed by atoms with Gasteiger partial charge in [-0.2, -0.15) is 4.72 Å². The Kier molecular flexibility index (Phi) is 7.62. The second-order valence-corrected chi connectivity index (χ2v) is 8.91. The molecule has 1 atom stereocenters. The van der Waals surface area contributed by atoms with Crippen LogP contribution in [0.5, 0.6) is 0 Å². The van der Waals surface area contributed by atoms with Crippen molar-refractivity contribution < 1.29 is 13.2 Å². The molecule has 1 heterocycles. The number of rotatable bonds is 10. The summed E-state index contributed by atoms with van der Waals surface area (Å²) in [5, 5.41) is 3.26. The van der Waals surface area contributed by atoms with Crippen LogP contribution in [0.4, 0.5) is 0 Å². The van der Waals surface area contributed by atoms with E-state index in [1.165, 1.54) is 24.3 Å². The lowest BCUT2D eigenvalue weighted by Crippen LogP contribution is -2.48. The highest BCUT2D eigenvalue weighted by molar-refractivity contribution is 7.89. The molecular weight excluding hydrogens is 424 g/mol. The van der Waals surface area contributed by atoms with E-state index in [1.807, 2.05) is 41.1 Å². The molecule has 30 heavy (non-hydrogen) atoms. The van der Waals surface area contributed by atoms with Crippen LogP contribution in [0.3, 0.4) is 0 Å². The lowest BCUT2D eigenvalue weighted by Gasteiger charge is -2.19. The molecule has 158 valence electrons. The van der Waals surface area contributed by atoms with E-state index >= 15 is 0 Å². The van der Waals surface area contributed by atoms with Crippen LogP contribution in [-0.2, 0) is 27.8 Å².